The lowest BCUT2D eigenvalue weighted by Crippen LogP contribution is -2.35. The van der Waals surface area contributed by atoms with Crippen LogP contribution < -0.4 is 5.32 Å². The smallest absolute Gasteiger partial charge is 0.221 e. The fourth-order valence-electron chi connectivity index (χ4n) is 2.48. The molecule has 1 aromatic heterocycles. The molecule has 1 unspecified atom stereocenters. The van der Waals surface area contributed by atoms with Crippen molar-refractivity contribution in [2.75, 3.05) is 20.6 Å². The predicted molar refractivity (Wildman–Crippen MR) is 87.5 cm³/mol. The summed E-state index contributed by atoms with van der Waals surface area (Å²) in [5.41, 5.74) is 2.50. The zero-order chi connectivity index (χ0) is 15.9. The summed E-state index contributed by atoms with van der Waals surface area (Å²) < 4.78 is 1.91. The lowest BCUT2D eigenvalue weighted by Gasteiger charge is -2.26. The number of aromatic nitrogens is 2. The normalized spacial score (nSPS) is 12.4. The molecule has 5 nitrogen and oxygen atoms in total. The minimum atomic E-state index is 0.0640. The molecule has 0 radical (unpaired) electrons. The van der Waals surface area contributed by atoms with Gasteiger partial charge in [-0.2, -0.15) is 0 Å². The van der Waals surface area contributed by atoms with Gasteiger partial charge < -0.3 is 14.8 Å². The Balaban J connectivity index is 1.89. The SMILES string of the molecule is Cc1ccccc1C(CNC(=O)CCn1ccnc1)N(C)C. The lowest BCUT2D eigenvalue weighted by molar-refractivity contribution is -0.121. The van der Waals surface area contributed by atoms with Crippen molar-refractivity contribution in [1.82, 2.24) is 19.8 Å². The second kappa shape index (κ2) is 7.75. The zero-order valence-electron chi connectivity index (χ0n) is 13.5. The molecule has 2 rings (SSSR count). The van der Waals surface area contributed by atoms with Crippen LogP contribution in [-0.2, 0) is 11.3 Å². The van der Waals surface area contributed by atoms with E-state index < -0.39 is 0 Å². The minimum absolute atomic E-state index is 0.0640. The molecule has 0 fully saturated rings. The van der Waals surface area contributed by atoms with E-state index in [1.165, 1.54) is 11.1 Å². The highest BCUT2D eigenvalue weighted by Gasteiger charge is 2.16. The average Bonchev–Trinajstić information content (AvgIpc) is 3.00. The van der Waals surface area contributed by atoms with Crippen molar-refractivity contribution in [2.24, 2.45) is 0 Å². The Bertz CT molecular complexity index is 592. The summed E-state index contributed by atoms with van der Waals surface area (Å²) in [4.78, 5) is 18.1. The molecule has 0 aliphatic rings. The van der Waals surface area contributed by atoms with Gasteiger partial charge in [0.1, 0.15) is 0 Å². The molecule has 0 saturated heterocycles. The van der Waals surface area contributed by atoms with Crippen LogP contribution in [0.5, 0.6) is 0 Å². The van der Waals surface area contributed by atoms with Crippen molar-refractivity contribution in [3.8, 4) is 0 Å². The van der Waals surface area contributed by atoms with Gasteiger partial charge in [0.05, 0.1) is 12.4 Å². The Hall–Kier alpha value is -2.14. The molecule has 118 valence electrons. The van der Waals surface area contributed by atoms with Crippen LogP contribution in [0.1, 0.15) is 23.6 Å². The van der Waals surface area contributed by atoms with E-state index in [1.807, 2.05) is 37.0 Å². The van der Waals surface area contributed by atoms with Crippen LogP contribution in [0.2, 0.25) is 0 Å². The number of hydrogen-bond acceptors (Lipinski definition) is 3. The summed E-state index contributed by atoms with van der Waals surface area (Å²) in [6.45, 7) is 3.37. The standard InChI is InChI=1S/C17H24N4O/c1-14-6-4-5-7-15(14)16(20(2)3)12-19-17(22)8-10-21-11-9-18-13-21/h4-7,9,11,13,16H,8,10,12H2,1-3H3,(H,19,22). The highest BCUT2D eigenvalue weighted by Crippen LogP contribution is 2.20. The van der Waals surface area contributed by atoms with Crippen molar-refractivity contribution >= 4 is 5.91 Å². The first-order chi connectivity index (χ1) is 10.6. The number of nitrogens with one attached hydrogen (secondary N) is 1. The number of rotatable bonds is 7. The van der Waals surface area contributed by atoms with E-state index in [9.17, 15) is 4.79 Å². The number of hydrogen-bond donors (Lipinski definition) is 1. The molecule has 0 bridgehead atoms. The van der Waals surface area contributed by atoms with E-state index >= 15 is 0 Å². The number of nitrogens with zero attached hydrogens (tertiary/aromatic N) is 3. The fourth-order valence-corrected chi connectivity index (χ4v) is 2.48. The Kier molecular flexibility index (Phi) is 5.72. The number of carbonyl (C=O) groups is 1. The van der Waals surface area contributed by atoms with Gasteiger partial charge in [-0.05, 0) is 32.1 Å². The first kappa shape index (κ1) is 16.2. The Morgan fingerprint density at radius 2 is 2.14 bits per heavy atom. The summed E-state index contributed by atoms with van der Waals surface area (Å²) in [6.07, 6.45) is 5.77. The molecule has 2 aromatic rings. The van der Waals surface area contributed by atoms with E-state index in [0.29, 0.717) is 19.5 Å². The van der Waals surface area contributed by atoms with Crippen LogP contribution in [0.4, 0.5) is 0 Å². The van der Waals surface area contributed by atoms with Gasteiger partial charge in [-0.3, -0.25) is 4.79 Å². The van der Waals surface area contributed by atoms with Gasteiger partial charge in [0.15, 0.2) is 0 Å². The highest BCUT2D eigenvalue weighted by atomic mass is 16.1. The van der Waals surface area contributed by atoms with E-state index in [2.05, 4.69) is 34.3 Å². The molecular formula is C17H24N4O. The monoisotopic (exact) mass is 300 g/mol. The number of imidazole rings is 1. The second-order valence-electron chi connectivity index (χ2n) is 5.69. The molecule has 1 atom stereocenters. The summed E-state index contributed by atoms with van der Waals surface area (Å²) in [5.74, 6) is 0.0640. The van der Waals surface area contributed by atoms with Gasteiger partial charge in [-0.15, -0.1) is 0 Å². The van der Waals surface area contributed by atoms with Crippen molar-refractivity contribution < 1.29 is 4.79 Å². The topological polar surface area (TPSA) is 50.2 Å². The van der Waals surface area contributed by atoms with Gasteiger partial charge in [0.2, 0.25) is 5.91 Å². The summed E-state index contributed by atoms with van der Waals surface area (Å²) in [6, 6.07) is 8.48. The quantitative estimate of drug-likeness (QED) is 0.851. The van der Waals surface area contributed by atoms with Gasteiger partial charge in [-0.25, -0.2) is 4.98 Å². The van der Waals surface area contributed by atoms with Crippen LogP contribution in [0.25, 0.3) is 0 Å². The van der Waals surface area contributed by atoms with Crippen LogP contribution >= 0.6 is 0 Å². The summed E-state index contributed by atoms with van der Waals surface area (Å²) in [5, 5.41) is 3.04. The molecule has 22 heavy (non-hydrogen) atoms. The number of carbonyl (C=O) groups excluding carboxylic acids is 1. The van der Waals surface area contributed by atoms with E-state index in [4.69, 9.17) is 0 Å². The summed E-state index contributed by atoms with van der Waals surface area (Å²) >= 11 is 0. The van der Waals surface area contributed by atoms with Gasteiger partial charge in [0.25, 0.3) is 0 Å². The van der Waals surface area contributed by atoms with Gasteiger partial charge in [-0.1, -0.05) is 24.3 Å². The average molecular weight is 300 g/mol. The number of amides is 1. The van der Waals surface area contributed by atoms with Gasteiger partial charge in [0, 0.05) is 31.9 Å². The molecule has 1 heterocycles. The molecule has 0 aliphatic heterocycles. The number of likely N-dealkylation sites (N-methyl/N-ethyl adjacent to an activating group) is 1. The maximum absolute atomic E-state index is 12.0. The zero-order valence-corrected chi connectivity index (χ0v) is 13.5. The van der Waals surface area contributed by atoms with Crippen molar-refractivity contribution in [3.63, 3.8) is 0 Å². The molecule has 1 amide bonds. The third kappa shape index (κ3) is 4.43. The minimum Gasteiger partial charge on any atom is -0.354 e. The Morgan fingerprint density at radius 3 is 2.77 bits per heavy atom. The maximum atomic E-state index is 12.0. The number of benzene rings is 1. The summed E-state index contributed by atoms with van der Waals surface area (Å²) in [7, 11) is 4.07. The molecular weight excluding hydrogens is 276 g/mol. The van der Waals surface area contributed by atoms with E-state index in [-0.39, 0.29) is 11.9 Å². The Morgan fingerprint density at radius 1 is 1.36 bits per heavy atom. The number of aryl methyl sites for hydroxylation is 2. The molecule has 5 heteroatoms. The van der Waals surface area contributed by atoms with Crippen molar-refractivity contribution in [1.29, 1.82) is 0 Å². The molecule has 0 spiro atoms. The van der Waals surface area contributed by atoms with Crippen LogP contribution in [-0.4, -0.2) is 41.0 Å². The Labute approximate surface area is 132 Å². The second-order valence-corrected chi connectivity index (χ2v) is 5.69. The molecule has 0 aliphatic carbocycles. The van der Waals surface area contributed by atoms with Crippen LogP contribution in [0, 0.1) is 6.92 Å². The molecule has 0 saturated carbocycles. The highest BCUT2D eigenvalue weighted by molar-refractivity contribution is 5.75. The van der Waals surface area contributed by atoms with Gasteiger partial charge >= 0.3 is 0 Å². The largest absolute Gasteiger partial charge is 0.354 e. The predicted octanol–water partition coefficient (Wildman–Crippen LogP) is 2.00. The first-order valence-electron chi connectivity index (χ1n) is 7.52. The van der Waals surface area contributed by atoms with Crippen LogP contribution in [0.3, 0.4) is 0 Å². The van der Waals surface area contributed by atoms with E-state index in [1.54, 1.807) is 12.5 Å². The third-order valence-corrected chi connectivity index (χ3v) is 3.82. The van der Waals surface area contributed by atoms with E-state index in [0.717, 1.165) is 0 Å². The van der Waals surface area contributed by atoms with Crippen molar-refractivity contribution in [2.45, 2.75) is 25.9 Å². The van der Waals surface area contributed by atoms with Crippen molar-refractivity contribution in [3.05, 3.63) is 54.1 Å². The molecule has 1 N–H and O–H groups in total. The fraction of sp³-hybridized carbons (Fsp3) is 0.412. The molecule has 1 aromatic carbocycles. The van der Waals surface area contributed by atoms with Crippen LogP contribution in [0.15, 0.2) is 43.0 Å². The lowest BCUT2D eigenvalue weighted by atomic mass is 10.0. The first-order valence-corrected chi connectivity index (χ1v) is 7.52. The maximum Gasteiger partial charge on any atom is 0.221 e. The third-order valence-electron chi connectivity index (χ3n) is 3.82.